The molecule has 0 bridgehead atoms. The second-order valence-corrected chi connectivity index (χ2v) is 4.39. The number of hydrogen-bond donors (Lipinski definition) is 3. The Morgan fingerprint density at radius 3 is 2.56 bits per heavy atom. The maximum atomic E-state index is 11.5. The fourth-order valence-electron chi connectivity index (χ4n) is 1.61. The number of amides is 2. The summed E-state index contributed by atoms with van der Waals surface area (Å²) in [6.45, 7) is 5.60. The molecular formula is C11H21N3O2. The van der Waals surface area contributed by atoms with Gasteiger partial charge in [0.15, 0.2) is 0 Å². The van der Waals surface area contributed by atoms with Crippen molar-refractivity contribution in [2.45, 2.75) is 32.7 Å². The molecule has 1 rings (SSSR count). The summed E-state index contributed by atoms with van der Waals surface area (Å²) in [4.78, 5) is 22.7. The molecule has 1 aliphatic rings. The molecule has 0 saturated carbocycles. The Balaban J connectivity index is 2.06. The van der Waals surface area contributed by atoms with Crippen LogP contribution in [-0.4, -0.2) is 37.5 Å². The highest BCUT2D eigenvalue weighted by Gasteiger charge is 2.21. The van der Waals surface area contributed by atoms with Crippen molar-refractivity contribution in [1.82, 2.24) is 16.0 Å². The molecule has 92 valence electrons. The van der Waals surface area contributed by atoms with Gasteiger partial charge in [0.1, 0.15) is 0 Å². The molecule has 0 aromatic rings. The summed E-state index contributed by atoms with van der Waals surface area (Å²) in [7, 11) is 0. The summed E-state index contributed by atoms with van der Waals surface area (Å²) in [6, 6.07) is -0.0409. The normalized spacial score (nSPS) is 19.8. The topological polar surface area (TPSA) is 70.2 Å². The van der Waals surface area contributed by atoms with E-state index in [0.29, 0.717) is 13.1 Å². The molecule has 0 radical (unpaired) electrons. The van der Waals surface area contributed by atoms with Crippen molar-refractivity contribution in [2.75, 3.05) is 19.6 Å². The van der Waals surface area contributed by atoms with E-state index in [1.165, 1.54) is 0 Å². The first-order valence-electron chi connectivity index (χ1n) is 5.90. The van der Waals surface area contributed by atoms with Gasteiger partial charge in [-0.2, -0.15) is 0 Å². The van der Waals surface area contributed by atoms with Crippen LogP contribution in [0.4, 0.5) is 0 Å². The fraction of sp³-hybridized carbons (Fsp3) is 0.818. The zero-order valence-corrected chi connectivity index (χ0v) is 10.0. The smallest absolute Gasteiger partial charge is 0.237 e. The molecule has 1 atom stereocenters. The quantitative estimate of drug-likeness (QED) is 0.561. The molecule has 1 aliphatic heterocycles. The summed E-state index contributed by atoms with van der Waals surface area (Å²) in [5, 5.41) is 8.68. The molecular weight excluding hydrogens is 206 g/mol. The van der Waals surface area contributed by atoms with Crippen LogP contribution >= 0.6 is 0 Å². The fourth-order valence-corrected chi connectivity index (χ4v) is 1.61. The Kier molecular flexibility index (Phi) is 5.25. The van der Waals surface area contributed by atoms with Crippen LogP contribution in [0.1, 0.15) is 26.7 Å². The van der Waals surface area contributed by atoms with Crippen molar-refractivity contribution in [3.05, 3.63) is 0 Å². The molecule has 0 spiro atoms. The van der Waals surface area contributed by atoms with Crippen LogP contribution in [0.5, 0.6) is 0 Å². The lowest BCUT2D eigenvalue weighted by Gasteiger charge is -2.12. The van der Waals surface area contributed by atoms with Gasteiger partial charge < -0.3 is 16.0 Å². The monoisotopic (exact) mass is 227 g/mol. The first kappa shape index (κ1) is 13.0. The molecule has 0 aromatic carbocycles. The molecule has 1 saturated heterocycles. The Hall–Kier alpha value is -1.10. The molecule has 0 aromatic heterocycles. The highest BCUT2D eigenvalue weighted by Crippen LogP contribution is 2.03. The lowest BCUT2D eigenvalue weighted by molar-refractivity contribution is -0.125. The molecule has 2 amide bonds. The molecule has 3 N–H and O–H groups in total. The van der Waals surface area contributed by atoms with Gasteiger partial charge in [-0.25, -0.2) is 0 Å². The van der Waals surface area contributed by atoms with Crippen LogP contribution in [-0.2, 0) is 9.59 Å². The van der Waals surface area contributed by atoms with Crippen LogP contribution in [0.25, 0.3) is 0 Å². The Bertz CT molecular complexity index is 248. The van der Waals surface area contributed by atoms with Gasteiger partial charge in [-0.1, -0.05) is 13.8 Å². The molecule has 1 heterocycles. The van der Waals surface area contributed by atoms with E-state index in [-0.39, 0.29) is 23.8 Å². The summed E-state index contributed by atoms with van der Waals surface area (Å²) in [6.07, 6.45) is 1.96. The predicted octanol–water partition coefficient (Wildman–Crippen LogP) is -0.373. The van der Waals surface area contributed by atoms with E-state index in [9.17, 15) is 9.59 Å². The zero-order chi connectivity index (χ0) is 12.0. The van der Waals surface area contributed by atoms with Gasteiger partial charge >= 0.3 is 0 Å². The van der Waals surface area contributed by atoms with E-state index < -0.39 is 0 Å². The first-order chi connectivity index (χ1) is 7.61. The van der Waals surface area contributed by atoms with E-state index in [1.807, 2.05) is 13.8 Å². The SMILES string of the molecule is CC(C)C(=O)NCCNC(=O)[C@H]1CCCN1. The highest BCUT2D eigenvalue weighted by molar-refractivity contribution is 5.82. The lowest BCUT2D eigenvalue weighted by atomic mass is 10.2. The highest BCUT2D eigenvalue weighted by atomic mass is 16.2. The molecule has 1 fully saturated rings. The minimum Gasteiger partial charge on any atom is -0.354 e. The van der Waals surface area contributed by atoms with Crippen LogP contribution in [0, 0.1) is 5.92 Å². The van der Waals surface area contributed by atoms with Gasteiger partial charge in [0.05, 0.1) is 6.04 Å². The van der Waals surface area contributed by atoms with Crippen LogP contribution in [0.2, 0.25) is 0 Å². The van der Waals surface area contributed by atoms with E-state index in [4.69, 9.17) is 0 Å². The van der Waals surface area contributed by atoms with Crippen LogP contribution < -0.4 is 16.0 Å². The van der Waals surface area contributed by atoms with Gasteiger partial charge in [-0.15, -0.1) is 0 Å². The maximum Gasteiger partial charge on any atom is 0.237 e. The van der Waals surface area contributed by atoms with Gasteiger partial charge in [-0.05, 0) is 19.4 Å². The van der Waals surface area contributed by atoms with Crippen LogP contribution in [0.15, 0.2) is 0 Å². The average molecular weight is 227 g/mol. The molecule has 5 heteroatoms. The number of nitrogens with one attached hydrogen (secondary N) is 3. The second-order valence-electron chi connectivity index (χ2n) is 4.39. The van der Waals surface area contributed by atoms with Crippen molar-refractivity contribution >= 4 is 11.8 Å². The second kappa shape index (κ2) is 6.48. The summed E-state index contributed by atoms with van der Waals surface area (Å²) < 4.78 is 0. The summed E-state index contributed by atoms with van der Waals surface area (Å²) in [5.41, 5.74) is 0. The van der Waals surface area contributed by atoms with Gasteiger partial charge in [0.2, 0.25) is 11.8 Å². The zero-order valence-electron chi connectivity index (χ0n) is 10.0. The van der Waals surface area contributed by atoms with Crippen molar-refractivity contribution in [3.8, 4) is 0 Å². The van der Waals surface area contributed by atoms with Crippen molar-refractivity contribution in [2.24, 2.45) is 5.92 Å². The van der Waals surface area contributed by atoms with Gasteiger partial charge in [-0.3, -0.25) is 9.59 Å². The average Bonchev–Trinajstić information content (AvgIpc) is 2.76. The van der Waals surface area contributed by atoms with Gasteiger partial charge in [0, 0.05) is 19.0 Å². The summed E-state index contributed by atoms with van der Waals surface area (Å²) >= 11 is 0. The van der Waals surface area contributed by atoms with Crippen molar-refractivity contribution in [3.63, 3.8) is 0 Å². The standard InChI is InChI=1S/C11H21N3O2/c1-8(2)10(15)13-6-7-14-11(16)9-4-3-5-12-9/h8-9,12H,3-7H2,1-2H3,(H,13,15)(H,14,16)/t9-/m1/s1. The third-order valence-corrected chi connectivity index (χ3v) is 2.62. The van der Waals surface area contributed by atoms with Gasteiger partial charge in [0.25, 0.3) is 0 Å². The molecule has 0 aliphatic carbocycles. The molecule has 5 nitrogen and oxygen atoms in total. The minimum atomic E-state index is -0.0409. The van der Waals surface area contributed by atoms with Crippen molar-refractivity contribution < 1.29 is 9.59 Å². The largest absolute Gasteiger partial charge is 0.354 e. The lowest BCUT2D eigenvalue weighted by Crippen LogP contribution is -2.43. The third kappa shape index (κ3) is 4.18. The van der Waals surface area contributed by atoms with Crippen LogP contribution in [0.3, 0.4) is 0 Å². The predicted molar refractivity (Wildman–Crippen MR) is 61.9 cm³/mol. The summed E-state index contributed by atoms with van der Waals surface area (Å²) in [5.74, 6) is 0.0525. The maximum absolute atomic E-state index is 11.5. The van der Waals surface area contributed by atoms with Crippen molar-refractivity contribution in [1.29, 1.82) is 0 Å². The van der Waals surface area contributed by atoms with E-state index in [0.717, 1.165) is 19.4 Å². The minimum absolute atomic E-state index is 0.00722. The molecule has 0 unspecified atom stereocenters. The number of hydrogen-bond acceptors (Lipinski definition) is 3. The Labute approximate surface area is 96.4 Å². The molecule has 16 heavy (non-hydrogen) atoms. The first-order valence-corrected chi connectivity index (χ1v) is 5.90. The number of carbonyl (C=O) groups excluding carboxylic acids is 2. The number of rotatable bonds is 5. The Morgan fingerprint density at radius 1 is 1.31 bits per heavy atom. The van der Waals surface area contributed by atoms with E-state index in [2.05, 4.69) is 16.0 Å². The Morgan fingerprint density at radius 2 is 2.00 bits per heavy atom. The van der Waals surface area contributed by atoms with E-state index >= 15 is 0 Å². The third-order valence-electron chi connectivity index (χ3n) is 2.62. The van der Waals surface area contributed by atoms with E-state index in [1.54, 1.807) is 0 Å². The number of carbonyl (C=O) groups is 2.